The quantitative estimate of drug-likeness (QED) is 0.727. The van der Waals surface area contributed by atoms with E-state index >= 15 is 0 Å². The number of rotatable bonds is 6. The van der Waals surface area contributed by atoms with Crippen LogP contribution in [0.4, 0.5) is 4.79 Å². The summed E-state index contributed by atoms with van der Waals surface area (Å²) in [6.45, 7) is 2.36. The van der Waals surface area contributed by atoms with E-state index in [1.807, 2.05) is 6.92 Å². The van der Waals surface area contributed by atoms with Gasteiger partial charge in [-0.25, -0.2) is 13.2 Å². The lowest BCUT2D eigenvalue weighted by Gasteiger charge is -2.25. The summed E-state index contributed by atoms with van der Waals surface area (Å²) in [5.74, 6) is -0.426. The number of nitrogens with one attached hydrogen (secondary N) is 2. The largest absolute Gasteiger partial charge is 0.469 e. The Balaban J connectivity index is 1.98. The fourth-order valence-corrected chi connectivity index (χ4v) is 4.21. The van der Waals surface area contributed by atoms with E-state index in [2.05, 4.69) is 15.4 Å². The van der Waals surface area contributed by atoms with Gasteiger partial charge < -0.3 is 15.4 Å². The van der Waals surface area contributed by atoms with E-state index in [-0.39, 0.29) is 17.9 Å². The number of carbonyl (C=O) groups excluding carboxylic acids is 2. The molecule has 0 bridgehead atoms. The second kappa shape index (κ2) is 8.30. The summed E-state index contributed by atoms with van der Waals surface area (Å²) < 4.78 is 31.3. The highest BCUT2D eigenvalue weighted by molar-refractivity contribution is 7.89. The van der Waals surface area contributed by atoms with Crippen LogP contribution in [-0.4, -0.2) is 51.1 Å². The molecule has 0 unspecified atom stereocenters. The summed E-state index contributed by atoms with van der Waals surface area (Å²) in [5, 5.41) is 5.17. The summed E-state index contributed by atoms with van der Waals surface area (Å²) in [5.41, 5.74) is 0.972. The van der Waals surface area contributed by atoms with Gasteiger partial charge >= 0.3 is 12.0 Å². The van der Waals surface area contributed by atoms with Crippen molar-refractivity contribution in [2.75, 3.05) is 20.2 Å². The molecule has 1 heterocycles. The number of hydrogen-bond acceptors (Lipinski definition) is 5. The minimum atomic E-state index is -3.67. The molecule has 0 radical (unpaired) electrons. The van der Waals surface area contributed by atoms with Crippen molar-refractivity contribution < 1.29 is 22.7 Å². The van der Waals surface area contributed by atoms with Gasteiger partial charge in [0.1, 0.15) is 0 Å². The van der Waals surface area contributed by atoms with Crippen LogP contribution in [0.3, 0.4) is 0 Å². The van der Waals surface area contributed by atoms with Crippen molar-refractivity contribution in [1.82, 2.24) is 14.9 Å². The first kappa shape index (κ1) is 19.2. The van der Waals surface area contributed by atoms with E-state index in [0.717, 1.165) is 5.56 Å². The standard InChI is InChI=1S/C16H23N3O5S/c1-12-5-7-13(8-6-12)25(22,23)19-11-3-4-14(19)18-16(21)17-10-9-15(20)24-2/h5-8,14H,3-4,9-11H2,1-2H3,(H2,17,18,21)/t14-/m0/s1. The molecule has 2 N–H and O–H groups in total. The molecular weight excluding hydrogens is 346 g/mol. The molecule has 0 saturated carbocycles. The van der Waals surface area contributed by atoms with Crippen LogP contribution in [0.2, 0.25) is 0 Å². The second-order valence-electron chi connectivity index (χ2n) is 5.81. The molecule has 2 amide bonds. The molecule has 1 fully saturated rings. The Labute approximate surface area is 147 Å². The number of ether oxygens (including phenoxy) is 1. The molecule has 8 nitrogen and oxygen atoms in total. The maximum absolute atomic E-state index is 12.8. The number of nitrogens with zero attached hydrogens (tertiary/aromatic N) is 1. The lowest BCUT2D eigenvalue weighted by atomic mass is 10.2. The third-order valence-electron chi connectivity index (χ3n) is 3.97. The maximum Gasteiger partial charge on any atom is 0.316 e. The zero-order valence-electron chi connectivity index (χ0n) is 14.3. The van der Waals surface area contributed by atoms with Gasteiger partial charge in [0.15, 0.2) is 0 Å². The van der Waals surface area contributed by atoms with Crippen molar-refractivity contribution in [1.29, 1.82) is 0 Å². The summed E-state index contributed by atoms with van der Waals surface area (Å²) in [7, 11) is -2.40. The van der Waals surface area contributed by atoms with Gasteiger partial charge in [0.05, 0.1) is 24.6 Å². The van der Waals surface area contributed by atoms with E-state index in [1.54, 1.807) is 24.3 Å². The highest BCUT2D eigenvalue weighted by Gasteiger charge is 2.36. The summed E-state index contributed by atoms with van der Waals surface area (Å²) in [6.07, 6.45) is 0.651. The first-order valence-corrected chi connectivity index (χ1v) is 9.48. The van der Waals surface area contributed by atoms with E-state index < -0.39 is 28.2 Å². The van der Waals surface area contributed by atoms with Gasteiger partial charge in [0.25, 0.3) is 0 Å². The predicted octanol–water partition coefficient (Wildman–Crippen LogP) is 0.968. The Morgan fingerprint density at radius 3 is 2.60 bits per heavy atom. The van der Waals surface area contributed by atoms with Gasteiger partial charge in [-0.3, -0.25) is 4.79 Å². The summed E-state index contributed by atoms with van der Waals surface area (Å²) in [4.78, 5) is 23.2. The molecule has 0 spiro atoms. The van der Waals surface area contributed by atoms with Crippen LogP contribution >= 0.6 is 0 Å². The number of hydrogen-bond donors (Lipinski definition) is 2. The summed E-state index contributed by atoms with van der Waals surface area (Å²) in [6, 6.07) is 6.10. The molecule has 0 aromatic heterocycles. The van der Waals surface area contributed by atoms with Crippen molar-refractivity contribution in [2.45, 2.75) is 37.2 Å². The smallest absolute Gasteiger partial charge is 0.316 e. The Kier molecular flexibility index (Phi) is 6.38. The molecular formula is C16H23N3O5S. The Morgan fingerprint density at radius 1 is 1.28 bits per heavy atom. The number of urea groups is 1. The van der Waals surface area contributed by atoms with Gasteiger partial charge in [0.2, 0.25) is 10.0 Å². The molecule has 1 atom stereocenters. The normalized spacial score (nSPS) is 17.9. The van der Waals surface area contributed by atoms with Crippen molar-refractivity contribution in [3.63, 3.8) is 0 Å². The molecule has 2 rings (SSSR count). The number of esters is 1. The first-order valence-electron chi connectivity index (χ1n) is 8.04. The Bertz CT molecular complexity index is 718. The van der Waals surface area contributed by atoms with E-state index in [1.165, 1.54) is 11.4 Å². The number of methoxy groups -OCH3 is 1. The third kappa shape index (κ3) is 4.93. The van der Waals surface area contributed by atoms with Gasteiger partial charge in [-0.1, -0.05) is 17.7 Å². The molecule has 1 aliphatic heterocycles. The van der Waals surface area contributed by atoms with Crippen molar-refractivity contribution >= 4 is 22.0 Å². The molecule has 138 valence electrons. The van der Waals surface area contributed by atoms with Crippen LogP contribution in [0.25, 0.3) is 0 Å². The average Bonchev–Trinajstić information content (AvgIpc) is 3.04. The number of sulfonamides is 1. The number of aryl methyl sites for hydroxylation is 1. The van der Waals surface area contributed by atoms with Gasteiger partial charge in [-0.15, -0.1) is 0 Å². The maximum atomic E-state index is 12.8. The molecule has 0 aliphatic carbocycles. The fraction of sp³-hybridized carbons (Fsp3) is 0.500. The molecule has 1 aromatic rings. The zero-order valence-corrected chi connectivity index (χ0v) is 15.1. The van der Waals surface area contributed by atoms with Crippen LogP contribution < -0.4 is 10.6 Å². The van der Waals surface area contributed by atoms with Crippen molar-refractivity contribution in [2.24, 2.45) is 0 Å². The fourth-order valence-electron chi connectivity index (χ4n) is 2.60. The predicted molar refractivity (Wildman–Crippen MR) is 91.3 cm³/mol. The van der Waals surface area contributed by atoms with Gasteiger partial charge in [-0.2, -0.15) is 4.31 Å². The van der Waals surface area contributed by atoms with Crippen molar-refractivity contribution in [3.8, 4) is 0 Å². The SMILES string of the molecule is COC(=O)CCNC(=O)N[C@@H]1CCCN1S(=O)(=O)c1ccc(C)cc1. The number of carbonyl (C=O) groups is 2. The monoisotopic (exact) mass is 369 g/mol. The van der Waals surface area contributed by atoms with Crippen LogP contribution in [0.15, 0.2) is 29.2 Å². The Hall–Kier alpha value is -2.13. The average molecular weight is 369 g/mol. The van der Waals surface area contributed by atoms with Crippen LogP contribution in [0, 0.1) is 6.92 Å². The van der Waals surface area contributed by atoms with E-state index in [0.29, 0.717) is 19.4 Å². The second-order valence-corrected chi connectivity index (χ2v) is 7.70. The topological polar surface area (TPSA) is 105 Å². The summed E-state index contributed by atoms with van der Waals surface area (Å²) >= 11 is 0. The lowest BCUT2D eigenvalue weighted by Crippen LogP contribution is -2.50. The van der Waals surface area contributed by atoms with Gasteiger partial charge in [0, 0.05) is 13.1 Å². The van der Waals surface area contributed by atoms with Gasteiger partial charge in [-0.05, 0) is 31.9 Å². The van der Waals surface area contributed by atoms with E-state index in [4.69, 9.17) is 0 Å². The number of benzene rings is 1. The van der Waals surface area contributed by atoms with E-state index in [9.17, 15) is 18.0 Å². The zero-order chi connectivity index (χ0) is 18.4. The highest BCUT2D eigenvalue weighted by atomic mass is 32.2. The molecule has 1 aliphatic rings. The first-order chi connectivity index (χ1) is 11.8. The lowest BCUT2D eigenvalue weighted by molar-refractivity contribution is -0.140. The number of amides is 2. The molecule has 9 heteroatoms. The minimum Gasteiger partial charge on any atom is -0.469 e. The third-order valence-corrected chi connectivity index (χ3v) is 5.89. The van der Waals surface area contributed by atoms with Crippen LogP contribution in [0.1, 0.15) is 24.8 Å². The molecule has 1 aromatic carbocycles. The molecule has 25 heavy (non-hydrogen) atoms. The van der Waals surface area contributed by atoms with Crippen LogP contribution in [-0.2, 0) is 19.6 Å². The highest BCUT2D eigenvalue weighted by Crippen LogP contribution is 2.24. The van der Waals surface area contributed by atoms with Crippen molar-refractivity contribution in [3.05, 3.63) is 29.8 Å². The Morgan fingerprint density at radius 2 is 1.96 bits per heavy atom. The molecule has 1 saturated heterocycles. The van der Waals surface area contributed by atoms with Crippen LogP contribution in [0.5, 0.6) is 0 Å². The minimum absolute atomic E-state index is 0.0555.